The lowest BCUT2D eigenvalue weighted by Gasteiger charge is -2.32. The van der Waals surface area contributed by atoms with Gasteiger partial charge >= 0.3 is 0 Å². The number of halogens is 2. The number of amides is 1. The zero-order chi connectivity index (χ0) is 18.6. The van der Waals surface area contributed by atoms with Crippen molar-refractivity contribution >= 4 is 39.1 Å². The number of benzene rings is 1. The Balaban J connectivity index is 1.86. The molecule has 0 bridgehead atoms. The van der Waals surface area contributed by atoms with Crippen molar-refractivity contribution in [1.82, 2.24) is 9.62 Å². The van der Waals surface area contributed by atoms with Crippen molar-refractivity contribution in [1.29, 1.82) is 0 Å². The van der Waals surface area contributed by atoms with Crippen LogP contribution in [0.5, 0.6) is 11.5 Å². The highest BCUT2D eigenvalue weighted by atomic mass is 35.5. The molecule has 2 N–H and O–H groups in total. The lowest BCUT2D eigenvalue weighted by atomic mass is 10.1. The Morgan fingerprint density at radius 2 is 2.04 bits per heavy atom. The first-order valence-electron chi connectivity index (χ1n) is 7.45. The predicted molar refractivity (Wildman–Crippen MR) is 95.5 cm³/mol. The van der Waals surface area contributed by atoms with Gasteiger partial charge in [0.1, 0.15) is 0 Å². The molecule has 1 fully saturated rings. The van der Waals surface area contributed by atoms with Crippen molar-refractivity contribution in [3.05, 3.63) is 34.2 Å². The third-order valence-electron chi connectivity index (χ3n) is 3.73. The molecule has 138 valence electrons. The van der Waals surface area contributed by atoms with E-state index in [0.29, 0.717) is 25.9 Å². The molecule has 1 saturated heterocycles. The van der Waals surface area contributed by atoms with E-state index in [1.807, 2.05) is 0 Å². The van der Waals surface area contributed by atoms with Gasteiger partial charge in [0.2, 0.25) is 10.0 Å². The van der Waals surface area contributed by atoms with E-state index in [1.54, 1.807) is 4.90 Å². The molecule has 0 saturated carbocycles. The highest BCUT2D eigenvalue weighted by Crippen LogP contribution is 2.37. The maximum atomic E-state index is 12.2. The van der Waals surface area contributed by atoms with Crippen molar-refractivity contribution in [2.75, 3.05) is 19.7 Å². The Labute approximate surface area is 156 Å². The van der Waals surface area contributed by atoms with Crippen molar-refractivity contribution in [2.45, 2.75) is 18.9 Å². The molecule has 10 heteroatoms. The number of nitrogens with one attached hydrogen (secondary N) is 1. The third-order valence-corrected chi connectivity index (χ3v) is 5.33. The van der Waals surface area contributed by atoms with Gasteiger partial charge in [-0.25, -0.2) is 13.1 Å². The lowest BCUT2D eigenvalue weighted by Crippen LogP contribution is -2.47. The van der Waals surface area contributed by atoms with Crippen LogP contribution >= 0.6 is 23.2 Å². The predicted octanol–water partition coefficient (Wildman–Crippen LogP) is 2.13. The average Bonchev–Trinajstić information content (AvgIpc) is 2.54. The number of sulfonamides is 1. The number of likely N-dealkylation sites (tertiary alicyclic amines) is 1. The molecule has 0 aromatic heterocycles. The van der Waals surface area contributed by atoms with Crippen LogP contribution in [0.2, 0.25) is 10.0 Å². The molecule has 1 aliphatic rings. The molecule has 1 heterocycles. The van der Waals surface area contributed by atoms with E-state index in [2.05, 4.69) is 11.3 Å². The maximum Gasteiger partial charge on any atom is 0.260 e. The number of piperidine rings is 1. The molecule has 0 aliphatic carbocycles. The average molecular weight is 409 g/mol. The summed E-state index contributed by atoms with van der Waals surface area (Å²) in [6.45, 7) is 3.74. The molecule has 2 rings (SSSR count). The molecule has 0 unspecified atom stereocenters. The lowest BCUT2D eigenvalue weighted by molar-refractivity contribution is -0.134. The summed E-state index contributed by atoms with van der Waals surface area (Å²) in [6.07, 6.45) is 0.984. The van der Waals surface area contributed by atoms with E-state index in [-0.39, 0.29) is 40.1 Å². The van der Waals surface area contributed by atoms with Crippen LogP contribution < -0.4 is 9.46 Å². The van der Waals surface area contributed by atoms with E-state index in [9.17, 15) is 18.3 Å². The fraction of sp³-hybridized carbons (Fsp3) is 0.400. The van der Waals surface area contributed by atoms with E-state index >= 15 is 0 Å². The van der Waals surface area contributed by atoms with Crippen molar-refractivity contribution < 1.29 is 23.1 Å². The van der Waals surface area contributed by atoms with Crippen LogP contribution in [0.25, 0.3) is 0 Å². The Morgan fingerprint density at radius 3 is 2.60 bits per heavy atom. The van der Waals surface area contributed by atoms with Gasteiger partial charge in [-0.3, -0.25) is 4.79 Å². The third kappa shape index (κ3) is 5.50. The second kappa shape index (κ2) is 8.27. The highest BCUT2D eigenvalue weighted by Gasteiger charge is 2.25. The summed E-state index contributed by atoms with van der Waals surface area (Å²) < 4.78 is 30.7. The summed E-state index contributed by atoms with van der Waals surface area (Å²) in [7, 11) is -3.48. The van der Waals surface area contributed by atoms with Gasteiger partial charge in [-0.1, -0.05) is 29.8 Å². The van der Waals surface area contributed by atoms with Crippen molar-refractivity contribution in [2.24, 2.45) is 0 Å². The van der Waals surface area contributed by atoms with Crippen LogP contribution in [-0.2, 0) is 14.8 Å². The van der Waals surface area contributed by atoms with Gasteiger partial charge in [0.15, 0.2) is 18.1 Å². The van der Waals surface area contributed by atoms with E-state index < -0.39 is 10.0 Å². The number of hydrogen-bond donors (Lipinski definition) is 2. The van der Waals surface area contributed by atoms with E-state index in [1.165, 1.54) is 12.1 Å². The summed E-state index contributed by atoms with van der Waals surface area (Å²) >= 11 is 11.7. The maximum absolute atomic E-state index is 12.2. The van der Waals surface area contributed by atoms with Gasteiger partial charge < -0.3 is 14.7 Å². The van der Waals surface area contributed by atoms with Crippen LogP contribution in [0.1, 0.15) is 12.8 Å². The fourth-order valence-electron chi connectivity index (χ4n) is 2.44. The van der Waals surface area contributed by atoms with Gasteiger partial charge in [-0.2, -0.15) is 0 Å². The minimum atomic E-state index is -3.48. The van der Waals surface area contributed by atoms with E-state index in [4.69, 9.17) is 27.9 Å². The molecular formula is C15H18Cl2N2O5S. The quantitative estimate of drug-likeness (QED) is 0.751. The number of carbonyl (C=O) groups excluding carboxylic acids is 1. The SMILES string of the molecule is C=CS(=O)(=O)NC1CCN(C(=O)COc2c(O)cc(Cl)cc2Cl)CC1. The topological polar surface area (TPSA) is 95.9 Å². The Kier molecular flexibility index (Phi) is 6.56. The van der Waals surface area contributed by atoms with E-state index in [0.717, 1.165) is 5.41 Å². The minimum absolute atomic E-state index is 0.00644. The number of ether oxygens (including phenoxy) is 1. The van der Waals surface area contributed by atoms with Gasteiger partial charge in [0, 0.05) is 35.6 Å². The summed E-state index contributed by atoms with van der Waals surface area (Å²) in [5, 5.41) is 11.0. The first-order chi connectivity index (χ1) is 11.7. The fourth-order valence-corrected chi connectivity index (χ4v) is 3.78. The monoisotopic (exact) mass is 408 g/mol. The normalized spacial score (nSPS) is 15.8. The number of nitrogens with zero attached hydrogens (tertiary/aromatic N) is 1. The zero-order valence-electron chi connectivity index (χ0n) is 13.2. The molecule has 1 aromatic carbocycles. The molecule has 0 atom stereocenters. The second-order valence-electron chi connectivity index (χ2n) is 5.51. The summed E-state index contributed by atoms with van der Waals surface area (Å²) in [6, 6.07) is 2.44. The van der Waals surface area contributed by atoms with Crippen molar-refractivity contribution in [3.8, 4) is 11.5 Å². The highest BCUT2D eigenvalue weighted by molar-refractivity contribution is 7.92. The molecule has 1 amide bonds. The first-order valence-corrected chi connectivity index (χ1v) is 9.75. The molecular weight excluding hydrogens is 391 g/mol. The molecule has 7 nitrogen and oxygen atoms in total. The summed E-state index contributed by atoms with van der Waals surface area (Å²) in [5.41, 5.74) is 0. The Morgan fingerprint density at radius 1 is 1.40 bits per heavy atom. The molecule has 1 aliphatic heterocycles. The Hall–Kier alpha value is -1.48. The molecule has 0 radical (unpaired) electrons. The summed E-state index contributed by atoms with van der Waals surface area (Å²) in [5.74, 6) is -0.536. The van der Waals surface area contributed by atoms with Crippen LogP contribution in [0.4, 0.5) is 0 Å². The number of rotatable bonds is 6. The number of carbonyl (C=O) groups is 1. The second-order valence-corrected chi connectivity index (χ2v) is 8.01. The zero-order valence-corrected chi connectivity index (χ0v) is 15.6. The van der Waals surface area contributed by atoms with Crippen LogP contribution in [-0.4, -0.2) is 50.1 Å². The van der Waals surface area contributed by atoms with Crippen LogP contribution in [0.15, 0.2) is 24.1 Å². The number of hydrogen-bond acceptors (Lipinski definition) is 5. The molecule has 1 aromatic rings. The number of aromatic hydroxyl groups is 1. The summed E-state index contributed by atoms with van der Waals surface area (Å²) in [4.78, 5) is 13.8. The van der Waals surface area contributed by atoms with Gasteiger partial charge in [0.05, 0.1) is 5.02 Å². The first kappa shape index (κ1) is 19.8. The smallest absolute Gasteiger partial charge is 0.260 e. The van der Waals surface area contributed by atoms with Gasteiger partial charge in [-0.15, -0.1) is 0 Å². The largest absolute Gasteiger partial charge is 0.504 e. The number of phenols is 1. The minimum Gasteiger partial charge on any atom is -0.504 e. The Bertz CT molecular complexity index is 738. The van der Waals surface area contributed by atoms with Crippen LogP contribution in [0.3, 0.4) is 0 Å². The van der Waals surface area contributed by atoms with Gasteiger partial charge in [-0.05, 0) is 18.9 Å². The standard InChI is InChI=1S/C15H18Cl2N2O5S/c1-2-25(22,23)18-11-3-5-19(6-4-11)14(21)9-24-15-12(17)7-10(16)8-13(15)20/h2,7-8,11,18,20H,1,3-6,9H2. The van der Waals surface area contributed by atoms with Crippen molar-refractivity contribution in [3.63, 3.8) is 0 Å². The molecule has 0 spiro atoms. The van der Waals surface area contributed by atoms with Gasteiger partial charge in [0.25, 0.3) is 5.91 Å². The number of phenolic OH excluding ortho intramolecular Hbond substituents is 1. The molecule has 25 heavy (non-hydrogen) atoms. The van der Waals surface area contributed by atoms with Crippen LogP contribution in [0, 0.1) is 0 Å².